The first-order valence-electron chi connectivity index (χ1n) is 4.50. The molecule has 4 nitrogen and oxygen atoms in total. The monoisotopic (exact) mass is 250 g/mol. The van der Waals surface area contributed by atoms with Crippen LogP contribution in [0.3, 0.4) is 0 Å². The van der Waals surface area contributed by atoms with Gasteiger partial charge < -0.3 is 5.32 Å². The van der Waals surface area contributed by atoms with E-state index in [1.807, 2.05) is 6.26 Å². The van der Waals surface area contributed by atoms with Crippen LogP contribution in [0.2, 0.25) is 0 Å². The summed E-state index contributed by atoms with van der Waals surface area (Å²) in [6.07, 6.45) is 4.22. The van der Waals surface area contributed by atoms with Gasteiger partial charge in [-0.15, -0.1) is 11.8 Å². The zero-order chi connectivity index (χ0) is 11.9. The Morgan fingerprint density at radius 1 is 1.47 bits per heavy atom. The quantitative estimate of drug-likeness (QED) is 0.360. The van der Waals surface area contributed by atoms with Gasteiger partial charge in [-0.05, 0) is 12.5 Å². The van der Waals surface area contributed by atoms with Crippen molar-refractivity contribution in [3.63, 3.8) is 0 Å². The van der Waals surface area contributed by atoms with Crippen LogP contribution < -0.4 is 5.32 Å². The maximum atomic E-state index is 10.8. The molecule has 0 aromatic rings. The molecular formula is C9H18N2O2S2. The second kappa shape index (κ2) is 7.00. The van der Waals surface area contributed by atoms with Crippen molar-refractivity contribution < 1.29 is 9.63 Å². The van der Waals surface area contributed by atoms with Crippen LogP contribution in [0.1, 0.15) is 20.3 Å². The SMILES string of the molecule is CNC(=O)ON=C(CC(C)(C)SC)SC. The molecule has 15 heavy (non-hydrogen) atoms. The first kappa shape index (κ1) is 14.6. The number of thioether (sulfide) groups is 2. The molecule has 0 radical (unpaired) electrons. The summed E-state index contributed by atoms with van der Waals surface area (Å²) in [6.45, 7) is 4.26. The van der Waals surface area contributed by atoms with Gasteiger partial charge in [-0.25, -0.2) is 4.79 Å². The zero-order valence-corrected chi connectivity index (χ0v) is 11.4. The molecule has 0 atom stereocenters. The molecule has 0 spiro atoms. The molecule has 0 rings (SSSR count). The van der Waals surface area contributed by atoms with Gasteiger partial charge in [0.2, 0.25) is 0 Å². The van der Waals surface area contributed by atoms with E-state index < -0.39 is 6.09 Å². The maximum absolute atomic E-state index is 10.8. The summed E-state index contributed by atoms with van der Waals surface area (Å²) < 4.78 is 0.105. The van der Waals surface area contributed by atoms with Crippen molar-refractivity contribution in [3.05, 3.63) is 0 Å². The van der Waals surface area contributed by atoms with E-state index in [0.29, 0.717) is 0 Å². The van der Waals surface area contributed by atoms with Crippen molar-refractivity contribution in [1.82, 2.24) is 5.32 Å². The number of amides is 1. The van der Waals surface area contributed by atoms with E-state index >= 15 is 0 Å². The van der Waals surface area contributed by atoms with Gasteiger partial charge in [0.1, 0.15) is 5.04 Å². The van der Waals surface area contributed by atoms with Gasteiger partial charge in [0.05, 0.1) is 0 Å². The molecule has 0 saturated carbocycles. The Labute approximate surface area is 99.6 Å². The van der Waals surface area contributed by atoms with E-state index in [1.165, 1.54) is 18.8 Å². The molecule has 0 heterocycles. The van der Waals surface area contributed by atoms with Crippen molar-refractivity contribution in [2.24, 2.45) is 5.16 Å². The number of carbonyl (C=O) groups excluding carboxylic acids is 1. The lowest BCUT2D eigenvalue weighted by molar-refractivity contribution is 0.153. The molecule has 0 aromatic carbocycles. The third-order valence-corrected chi connectivity index (χ3v) is 3.74. The summed E-state index contributed by atoms with van der Waals surface area (Å²) in [6, 6.07) is 0. The number of hydrogen-bond donors (Lipinski definition) is 1. The van der Waals surface area contributed by atoms with E-state index in [1.54, 1.807) is 11.8 Å². The predicted molar refractivity (Wildman–Crippen MR) is 68.7 cm³/mol. The third-order valence-electron chi connectivity index (χ3n) is 1.80. The van der Waals surface area contributed by atoms with Gasteiger partial charge in [-0.3, -0.25) is 4.84 Å². The maximum Gasteiger partial charge on any atom is 0.433 e. The van der Waals surface area contributed by atoms with Gasteiger partial charge in [0.25, 0.3) is 0 Å². The first-order valence-corrected chi connectivity index (χ1v) is 6.95. The molecule has 1 N–H and O–H groups in total. The number of nitrogens with one attached hydrogen (secondary N) is 1. The summed E-state index contributed by atoms with van der Waals surface area (Å²) in [5.74, 6) is 0. The molecule has 0 aliphatic carbocycles. The summed E-state index contributed by atoms with van der Waals surface area (Å²) in [4.78, 5) is 15.5. The second-order valence-corrected chi connectivity index (χ2v) is 5.85. The van der Waals surface area contributed by atoms with Crippen LogP contribution in [-0.4, -0.2) is 35.4 Å². The lowest BCUT2D eigenvalue weighted by Gasteiger charge is -2.21. The van der Waals surface area contributed by atoms with Gasteiger partial charge >= 0.3 is 6.09 Å². The molecular weight excluding hydrogens is 232 g/mol. The first-order chi connectivity index (χ1) is 6.95. The fraction of sp³-hybridized carbons (Fsp3) is 0.778. The minimum Gasteiger partial charge on any atom is -0.323 e. The Morgan fingerprint density at radius 3 is 2.47 bits per heavy atom. The molecule has 0 fully saturated rings. The van der Waals surface area contributed by atoms with Crippen molar-refractivity contribution in [2.45, 2.75) is 25.0 Å². The molecule has 88 valence electrons. The Morgan fingerprint density at radius 2 is 2.07 bits per heavy atom. The number of nitrogens with zero attached hydrogens (tertiary/aromatic N) is 1. The predicted octanol–water partition coefficient (Wildman–Crippen LogP) is 2.55. The molecule has 0 aromatic heterocycles. The number of rotatable bonds is 4. The van der Waals surface area contributed by atoms with Crippen molar-refractivity contribution in [3.8, 4) is 0 Å². The van der Waals surface area contributed by atoms with Crippen LogP contribution >= 0.6 is 23.5 Å². The average Bonchev–Trinajstić information content (AvgIpc) is 2.23. The Kier molecular flexibility index (Phi) is 6.84. The summed E-state index contributed by atoms with van der Waals surface area (Å²) in [7, 11) is 1.50. The van der Waals surface area contributed by atoms with Crippen molar-refractivity contribution in [1.29, 1.82) is 0 Å². The highest BCUT2D eigenvalue weighted by atomic mass is 32.2. The molecule has 0 bridgehead atoms. The zero-order valence-electron chi connectivity index (χ0n) is 9.79. The highest BCUT2D eigenvalue weighted by molar-refractivity contribution is 8.13. The Hall–Kier alpha value is -0.360. The third kappa shape index (κ3) is 6.67. The van der Waals surface area contributed by atoms with E-state index in [9.17, 15) is 4.79 Å². The normalized spacial score (nSPS) is 12.5. The minimum absolute atomic E-state index is 0.105. The van der Waals surface area contributed by atoms with Crippen LogP contribution in [0.15, 0.2) is 5.16 Å². The fourth-order valence-corrected chi connectivity index (χ4v) is 1.71. The lowest BCUT2D eigenvalue weighted by Crippen LogP contribution is -2.20. The van der Waals surface area contributed by atoms with E-state index in [4.69, 9.17) is 0 Å². The summed E-state index contributed by atoms with van der Waals surface area (Å²) in [5.41, 5.74) is 0. The van der Waals surface area contributed by atoms with Crippen LogP contribution in [0.5, 0.6) is 0 Å². The molecule has 0 aliphatic rings. The molecule has 0 unspecified atom stereocenters. The highest BCUT2D eigenvalue weighted by Gasteiger charge is 2.19. The molecule has 0 aliphatic heterocycles. The van der Waals surface area contributed by atoms with Gasteiger partial charge in [-0.1, -0.05) is 19.0 Å². The topological polar surface area (TPSA) is 50.7 Å². The summed E-state index contributed by atoms with van der Waals surface area (Å²) >= 11 is 3.26. The smallest absolute Gasteiger partial charge is 0.323 e. The average molecular weight is 250 g/mol. The van der Waals surface area contributed by atoms with E-state index in [0.717, 1.165) is 11.5 Å². The summed E-state index contributed by atoms with van der Waals surface area (Å²) in [5, 5.41) is 6.96. The van der Waals surface area contributed by atoms with Crippen molar-refractivity contribution >= 4 is 34.7 Å². The standard InChI is InChI=1S/C9H18N2O2S2/c1-9(2,15-5)6-7(14-4)11-13-8(12)10-3/h6H2,1-5H3,(H,10,12). The molecule has 1 amide bonds. The van der Waals surface area contributed by atoms with Gasteiger partial charge in [-0.2, -0.15) is 11.8 Å². The highest BCUT2D eigenvalue weighted by Crippen LogP contribution is 2.27. The lowest BCUT2D eigenvalue weighted by atomic mass is 10.1. The number of oxime groups is 1. The molecule has 6 heteroatoms. The molecule has 0 saturated heterocycles. The Balaban J connectivity index is 4.30. The van der Waals surface area contributed by atoms with Crippen LogP contribution in [-0.2, 0) is 4.84 Å². The van der Waals surface area contributed by atoms with Gasteiger partial charge in [0.15, 0.2) is 0 Å². The van der Waals surface area contributed by atoms with Gasteiger partial charge in [0, 0.05) is 18.2 Å². The Bertz CT molecular complexity index is 242. The number of carbonyl (C=O) groups is 1. The fourth-order valence-electron chi connectivity index (χ4n) is 0.716. The van der Waals surface area contributed by atoms with E-state index in [-0.39, 0.29) is 4.75 Å². The van der Waals surface area contributed by atoms with Crippen LogP contribution in [0, 0.1) is 0 Å². The number of hydrogen-bond acceptors (Lipinski definition) is 5. The van der Waals surface area contributed by atoms with Crippen LogP contribution in [0.4, 0.5) is 4.79 Å². The van der Waals surface area contributed by atoms with E-state index in [2.05, 4.69) is 35.4 Å². The minimum atomic E-state index is -0.538. The van der Waals surface area contributed by atoms with Crippen LogP contribution in [0.25, 0.3) is 0 Å². The largest absolute Gasteiger partial charge is 0.433 e. The second-order valence-electron chi connectivity index (χ2n) is 3.46. The van der Waals surface area contributed by atoms with Crippen molar-refractivity contribution in [2.75, 3.05) is 19.6 Å².